The molecule has 0 aliphatic heterocycles. The van der Waals surface area contributed by atoms with Crippen LogP contribution in [0, 0.1) is 0 Å². The molecule has 1 rings (SSSR count). The molecule has 0 atom stereocenters. The first-order valence-electron chi connectivity index (χ1n) is 5.46. The van der Waals surface area contributed by atoms with Gasteiger partial charge < -0.3 is 14.7 Å². The number of hydrogen-bond donors (Lipinski definition) is 1. The van der Waals surface area contributed by atoms with Crippen LogP contribution in [0.3, 0.4) is 0 Å². The molecule has 1 N–H and O–H groups in total. The van der Waals surface area contributed by atoms with Gasteiger partial charge in [-0.1, -0.05) is 11.4 Å². The third-order valence-corrected chi connectivity index (χ3v) is 2.99. The summed E-state index contributed by atoms with van der Waals surface area (Å²) in [6, 6.07) is 0. The molecule has 0 aromatic carbocycles. The number of nitrogens with zero attached hydrogens (tertiary/aromatic N) is 3. The minimum atomic E-state index is -0.0792. The van der Waals surface area contributed by atoms with Crippen LogP contribution in [0.25, 0.3) is 0 Å². The van der Waals surface area contributed by atoms with Gasteiger partial charge in [-0.05, 0) is 18.0 Å². The van der Waals surface area contributed by atoms with Crippen LogP contribution < -0.4 is 0 Å². The number of aromatic nitrogens is 2. The number of amides is 1. The Bertz CT molecular complexity index is 356. The first kappa shape index (κ1) is 14.0. The molecule has 0 fully saturated rings. The Morgan fingerprint density at radius 1 is 1.53 bits per heavy atom. The number of aryl methyl sites for hydroxylation is 1. The fraction of sp³-hybridized carbons (Fsp3) is 0.700. The molecule has 1 aromatic heterocycles. The van der Waals surface area contributed by atoms with Crippen molar-refractivity contribution in [3.63, 3.8) is 0 Å². The van der Waals surface area contributed by atoms with Crippen LogP contribution in [-0.4, -0.2) is 58.9 Å². The number of carbonyl (C=O) groups excluding carboxylic acids is 1. The molecule has 0 aliphatic rings. The minimum absolute atomic E-state index is 0.00356. The SMILES string of the molecule is CCc1nnsc1C(=O)N(C)CCOCCO. The third kappa shape index (κ3) is 4.03. The number of aliphatic hydroxyl groups excluding tert-OH is 1. The van der Waals surface area contributed by atoms with Crippen molar-refractivity contribution in [2.24, 2.45) is 0 Å². The second-order valence-electron chi connectivity index (χ2n) is 3.46. The number of ether oxygens (including phenoxy) is 1. The Kier molecular flexibility index (Phi) is 6.03. The summed E-state index contributed by atoms with van der Waals surface area (Å²) in [4.78, 5) is 14.2. The van der Waals surface area contributed by atoms with Crippen molar-refractivity contribution in [3.8, 4) is 0 Å². The number of carbonyl (C=O) groups is 1. The first-order valence-corrected chi connectivity index (χ1v) is 6.23. The normalized spacial score (nSPS) is 10.5. The lowest BCUT2D eigenvalue weighted by atomic mass is 10.3. The second kappa shape index (κ2) is 7.31. The van der Waals surface area contributed by atoms with Crippen LogP contribution >= 0.6 is 11.5 Å². The summed E-state index contributed by atoms with van der Waals surface area (Å²) < 4.78 is 8.89. The van der Waals surface area contributed by atoms with Gasteiger partial charge in [0.05, 0.1) is 25.5 Å². The van der Waals surface area contributed by atoms with Gasteiger partial charge >= 0.3 is 0 Å². The van der Waals surface area contributed by atoms with E-state index in [1.165, 1.54) is 0 Å². The summed E-state index contributed by atoms with van der Waals surface area (Å²) in [5.74, 6) is -0.0792. The van der Waals surface area contributed by atoms with Crippen molar-refractivity contribution < 1.29 is 14.6 Å². The fourth-order valence-electron chi connectivity index (χ4n) is 1.25. The Hall–Kier alpha value is -1.05. The van der Waals surface area contributed by atoms with Crippen molar-refractivity contribution in [1.29, 1.82) is 0 Å². The van der Waals surface area contributed by atoms with Crippen LogP contribution in [0.4, 0.5) is 0 Å². The highest BCUT2D eigenvalue weighted by Gasteiger charge is 2.18. The molecule has 96 valence electrons. The van der Waals surface area contributed by atoms with Crippen LogP contribution in [-0.2, 0) is 11.2 Å². The third-order valence-electron chi connectivity index (χ3n) is 2.24. The van der Waals surface area contributed by atoms with Gasteiger partial charge in [-0.15, -0.1) is 5.10 Å². The van der Waals surface area contributed by atoms with Crippen molar-refractivity contribution in [2.75, 3.05) is 33.4 Å². The van der Waals surface area contributed by atoms with E-state index in [1.54, 1.807) is 11.9 Å². The van der Waals surface area contributed by atoms with Gasteiger partial charge in [0.2, 0.25) is 0 Å². The smallest absolute Gasteiger partial charge is 0.267 e. The standard InChI is InChI=1S/C10H17N3O3S/c1-3-8-9(17-12-11-8)10(15)13(2)4-6-16-7-5-14/h14H,3-7H2,1-2H3. The molecule has 7 heteroatoms. The van der Waals surface area contributed by atoms with E-state index >= 15 is 0 Å². The Morgan fingerprint density at radius 2 is 2.29 bits per heavy atom. The molecular weight excluding hydrogens is 242 g/mol. The summed E-state index contributed by atoms with van der Waals surface area (Å²) >= 11 is 1.12. The molecule has 1 aromatic rings. The predicted molar refractivity (Wildman–Crippen MR) is 64.2 cm³/mol. The molecule has 1 heterocycles. The number of hydrogen-bond acceptors (Lipinski definition) is 6. The second-order valence-corrected chi connectivity index (χ2v) is 4.22. The quantitative estimate of drug-likeness (QED) is 0.707. The highest BCUT2D eigenvalue weighted by Crippen LogP contribution is 2.13. The number of rotatable bonds is 7. The zero-order valence-electron chi connectivity index (χ0n) is 10.0. The van der Waals surface area contributed by atoms with E-state index in [9.17, 15) is 4.79 Å². The van der Waals surface area contributed by atoms with Crippen molar-refractivity contribution in [3.05, 3.63) is 10.6 Å². The predicted octanol–water partition coefficient (Wildman–Crippen LogP) is 0.181. The summed E-state index contributed by atoms with van der Waals surface area (Å²) in [6.45, 7) is 3.13. The minimum Gasteiger partial charge on any atom is -0.394 e. The van der Waals surface area contributed by atoms with Gasteiger partial charge in [-0.2, -0.15) is 0 Å². The average molecular weight is 259 g/mol. The first-order chi connectivity index (χ1) is 8.20. The summed E-state index contributed by atoms with van der Waals surface area (Å²) in [5.41, 5.74) is 0.739. The van der Waals surface area contributed by atoms with Crippen LogP contribution in [0.5, 0.6) is 0 Å². The fourth-order valence-corrected chi connectivity index (χ4v) is 1.99. The zero-order chi connectivity index (χ0) is 12.7. The van der Waals surface area contributed by atoms with Crippen LogP contribution in [0.1, 0.15) is 22.3 Å². The number of likely N-dealkylation sites (N-methyl/N-ethyl adjacent to an activating group) is 1. The van der Waals surface area contributed by atoms with Gasteiger partial charge in [0, 0.05) is 13.6 Å². The maximum atomic E-state index is 12.0. The maximum absolute atomic E-state index is 12.0. The van der Waals surface area contributed by atoms with E-state index in [0.29, 0.717) is 31.1 Å². The highest BCUT2D eigenvalue weighted by molar-refractivity contribution is 7.07. The molecule has 0 aliphatic carbocycles. The molecule has 0 unspecified atom stereocenters. The van der Waals surface area contributed by atoms with E-state index in [1.807, 2.05) is 6.92 Å². The molecule has 0 saturated heterocycles. The van der Waals surface area contributed by atoms with E-state index in [0.717, 1.165) is 17.2 Å². The van der Waals surface area contributed by atoms with Crippen molar-refractivity contribution >= 4 is 17.4 Å². The topological polar surface area (TPSA) is 75.6 Å². The maximum Gasteiger partial charge on any atom is 0.267 e. The lowest BCUT2D eigenvalue weighted by Crippen LogP contribution is -2.30. The molecule has 0 bridgehead atoms. The molecule has 0 spiro atoms. The Labute approximate surface area is 104 Å². The Balaban J connectivity index is 2.46. The molecule has 17 heavy (non-hydrogen) atoms. The molecule has 0 radical (unpaired) electrons. The van der Waals surface area contributed by atoms with E-state index < -0.39 is 0 Å². The van der Waals surface area contributed by atoms with E-state index in [2.05, 4.69) is 9.59 Å². The zero-order valence-corrected chi connectivity index (χ0v) is 10.9. The van der Waals surface area contributed by atoms with Crippen molar-refractivity contribution in [2.45, 2.75) is 13.3 Å². The summed E-state index contributed by atoms with van der Waals surface area (Å²) in [7, 11) is 1.71. The van der Waals surface area contributed by atoms with Crippen molar-refractivity contribution in [1.82, 2.24) is 14.5 Å². The van der Waals surface area contributed by atoms with Crippen LogP contribution in [0.15, 0.2) is 0 Å². The van der Waals surface area contributed by atoms with Gasteiger partial charge in [0.15, 0.2) is 0 Å². The molecule has 1 amide bonds. The van der Waals surface area contributed by atoms with Gasteiger partial charge in [0.25, 0.3) is 5.91 Å². The largest absolute Gasteiger partial charge is 0.394 e. The van der Waals surface area contributed by atoms with Gasteiger partial charge in [-0.25, -0.2) is 0 Å². The molecule has 0 saturated carbocycles. The van der Waals surface area contributed by atoms with Gasteiger partial charge in [-0.3, -0.25) is 4.79 Å². The lowest BCUT2D eigenvalue weighted by Gasteiger charge is -2.16. The van der Waals surface area contributed by atoms with Gasteiger partial charge in [0.1, 0.15) is 4.88 Å². The molecule has 6 nitrogen and oxygen atoms in total. The van der Waals surface area contributed by atoms with E-state index in [4.69, 9.17) is 9.84 Å². The molecular formula is C10H17N3O3S. The lowest BCUT2D eigenvalue weighted by molar-refractivity contribution is 0.0621. The van der Waals surface area contributed by atoms with E-state index in [-0.39, 0.29) is 12.5 Å². The summed E-state index contributed by atoms with van der Waals surface area (Å²) in [5, 5.41) is 12.4. The average Bonchev–Trinajstić information content (AvgIpc) is 2.81. The monoisotopic (exact) mass is 259 g/mol. The van der Waals surface area contributed by atoms with Crippen LogP contribution in [0.2, 0.25) is 0 Å². The number of aliphatic hydroxyl groups is 1. The summed E-state index contributed by atoms with van der Waals surface area (Å²) in [6.07, 6.45) is 0.701. The Morgan fingerprint density at radius 3 is 2.94 bits per heavy atom. The highest BCUT2D eigenvalue weighted by atomic mass is 32.1.